The van der Waals surface area contributed by atoms with Gasteiger partial charge in [0.25, 0.3) is 0 Å². The summed E-state index contributed by atoms with van der Waals surface area (Å²) >= 11 is 0. The maximum atomic E-state index is 5.37. The lowest BCUT2D eigenvalue weighted by molar-refractivity contribution is 0.332. The lowest BCUT2D eigenvalue weighted by Gasteiger charge is -2.26. The van der Waals surface area contributed by atoms with Crippen LogP contribution in [-0.2, 0) is 6.54 Å². The van der Waals surface area contributed by atoms with Crippen LogP contribution in [0.25, 0.3) is 0 Å². The van der Waals surface area contributed by atoms with Crippen molar-refractivity contribution in [2.45, 2.75) is 45.7 Å². The van der Waals surface area contributed by atoms with Crippen LogP contribution in [-0.4, -0.2) is 24.7 Å². The molecule has 0 radical (unpaired) electrons. The van der Waals surface area contributed by atoms with Crippen LogP contribution in [0.1, 0.15) is 39.3 Å². The first-order valence-electron chi connectivity index (χ1n) is 6.35. The van der Waals surface area contributed by atoms with Crippen molar-refractivity contribution in [3.8, 4) is 11.5 Å². The average Bonchev–Trinajstić information content (AvgIpc) is 2.35. The number of hydrogen-bond donors (Lipinski definition) is 1. The minimum absolute atomic E-state index is 0.102. The fraction of sp³-hybridized carbons (Fsp3) is 0.643. The van der Waals surface area contributed by atoms with Crippen molar-refractivity contribution in [2.24, 2.45) is 0 Å². The summed E-state index contributed by atoms with van der Waals surface area (Å²) < 4.78 is 10.6. The number of methoxy groups -OCH3 is 2. The quantitative estimate of drug-likeness (QED) is 0.810. The third kappa shape index (κ3) is 3.88. The standard InChI is InChI=1S/C14H24N2O2/c1-6-8-14(2,3)16-10-11-13(18-5)12(17-4)7-9-15-11/h7,9,16H,6,8,10H2,1-5H3. The van der Waals surface area contributed by atoms with Crippen molar-refractivity contribution >= 4 is 0 Å². The normalized spacial score (nSPS) is 11.4. The van der Waals surface area contributed by atoms with Gasteiger partial charge < -0.3 is 14.8 Å². The van der Waals surface area contributed by atoms with Crippen LogP contribution >= 0.6 is 0 Å². The number of pyridine rings is 1. The van der Waals surface area contributed by atoms with E-state index in [4.69, 9.17) is 9.47 Å². The molecule has 1 heterocycles. The lowest BCUT2D eigenvalue weighted by Crippen LogP contribution is -2.38. The molecule has 0 aromatic carbocycles. The van der Waals surface area contributed by atoms with Crippen molar-refractivity contribution in [3.63, 3.8) is 0 Å². The number of rotatable bonds is 7. The van der Waals surface area contributed by atoms with Crippen molar-refractivity contribution in [3.05, 3.63) is 18.0 Å². The molecule has 1 aromatic rings. The third-order valence-corrected chi connectivity index (χ3v) is 2.98. The molecule has 0 aliphatic carbocycles. The largest absolute Gasteiger partial charge is 0.493 e. The van der Waals surface area contributed by atoms with Crippen molar-refractivity contribution in [1.82, 2.24) is 10.3 Å². The minimum Gasteiger partial charge on any atom is -0.493 e. The maximum absolute atomic E-state index is 5.37. The Labute approximate surface area is 110 Å². The van der Waals surface area contributed by atoms with Crippen molar-refractivity contribution < 1.29 is 9.47 Å². The molecule has 1 rings (SSSR count). The highest BCUT2D eigenvalue weighted by molar-refractivity contribution is 5.42. The zero-order valence-electron chi connectivity index (χ0n) is 12.0. The first kappa shape index (κ1) is 14.8. The van der Waals surface area contributed by atoms with E-state index >= 15 is 0 Å². The molecule has 0 amide bonds. The second-order valence-electron chi connectivity index (χ2n) is 4.98. The van der Waals surface area contributed by atoms with Crippen LogP contribution in [0.2, 0.25) is 0 Å². The summed E-state index contributed by atoms with van der Waals surface area (Å²) in [4.78, 5) is 4.35. The summed E-state index contributed by atoms with van der Waals surface area (Å²) in [6.45, 7) is 7.26. The van der Waals surface area contributed by atoms with Gasteiger partial charge in [-0.3, -0.25) is 4.98 Å². The predicted molar refractivity (Wildman–Crippen MR) is 73.2 cm³/mol. The van der Waals surface area contributed by atoms with E-state index in [0.29, 0.717) is 12.3 Å². The molecule has 0 fully saturated rings. The summed E-state index contributed by atoms with van der Waals surface area (Å²) in [5, 5.41) is 3.50. The molecule has 0 spiro atoms. The van der Waals surface area contributed by atoms with E-state index in [-0.39, 0.29) is 5.54 Å². The van der Waals surface area contributed by atoms with Crippen LogP contribution in [0.15, 0.2) is 12.3 Å². The summed E-state index contributed by atoms with van der Waals surface area (Å²) in [5.41, 5.74) is 0.978. The topological polar surface area (TPSA) is 43.4 Å². The number of nitrogens with one attached hydrogen (secondary N) is 1. The van der Waals surface area contributed by atoms with E-state index in [2.05, 4.69) is 31.1 Å². The smallest absolute Gasteiger partial charge is 0.183 e. The van der Waals surface area contributed by atoms with Gasteiger partial charge >= 0.3 is 0 Å². The van der Waals surface area contributed by atoms with Crippen LogP contribution < -0.4 is 14.8 Å². The molecule has 0 unspecified atom stereocenters. The van der Waals surface area contributed by atoms with Gasteiger partial charge in [0.1, 0.15) is 0 Å². The Kier molecular flexibility index (Phi) is 5.41. The molecular weight excluding hydrogens is 228 g/mol. The Morgan fingerprint density at radius 1 is 1.28 bits per heavy atom. The molecule has 0 saturated carbocycles. The van der Waals surface area contributed by atoms with Gasteiger partial charge in [0.2, 0.25) is 0 Å². The van der Waals surface area contributed by atoms with Crippen LogP contribution in [0.5, 0.6) is 11.5 Å². The molecule has 0 bridgehead atoms. The highest BCUT2D eigenvalue weighted by atomic mass is 16.5. The lowest BCUT2D eigenvalue weighted by atomic mass is 9.99. The van der Waals surface area contributed by atoms with E-state index in [1.54, 1.807) is 26.5 Å². The summed E-state index contributed by atoms with van der Waals surface area (Å²) in [5.74, 6) is 1.43. The first-order chi connectivity index (χ1) is 8.54. The Morgan fingerprint density at radius 2 is 2.00 bits per heavy atom. The van der Waals surface area contributed by atoms with E-state index in [0.717, 1.165) is 24.3 Å². The third-order valence-electron chi connectivity index (χ3n) is 2.98. The molecule has 1 N–H and O–H groups in total. The van der Waals surface area contributed by atoms with Gasteiger partial charge in [-0.2, -0.15) is 0 Å². The van der Waals surface area contributed by atoms with Crippen LogP contribution in [0, 0.1) is 0 Å². The van der Waals surface area contributed by atoms with E-state index in [9.17, 15) is 0 Å². The van der Waals surface area contributed by atoms with E-state index in [1.807, 2.05) is 0 Å². The highest BCUT2D eigenvalue weighted by Crippen LogP contribution is 2.29. The summed E-state index contributed by atoms with van der Waals surface area (Å²) in [6, 6.07) is 1.81. The minimum atomic E-state index is 0.102. The van der Waals surface area contributed by atoms with Gasteiger partial charge in [0.15, 0.2) is 11.5 Å². The molecule has 0 atom stereocenters. The Morgan fingerprint density at radius 3 is 2.56 bits per heavy atom. The zero-order chi connectivity index (χ0) is 13.6. The molecule has 4 nitrogen and oxygen atoms in total. The van der Waals surface area contributed by atoms with E-state index < -0.39 is 0 Å². The highest BCUT2D eigenvalue weighted by Gasteiger charge is 2.18. The van der Waals surface area contributed by atoms with Crippen LogP contribution in [0.4, 0.5) is 0 Å². The second kappa shape index (κ2) is 6.59. The van der Waals surface area contributed by atoms with Crippen molar-refractivity contribution in [1.29, 1.82) is 0 Å². The molecule has 18 heavy (non-hydrogen) atoms. The first-order valence-corrected chi connectivity index (χ1v) is 6.35. The molecule has 0 aliphatic rings. The predicted octanol–water partition coefficient (Wildman–Crippen LogP) is 2.77. The van der Waals surface area contributed by atoms with Gasteiger partial charge in [-0.25, -0.2) is 0 Å². The fourth-order valence-corrected chi connectivity index (χ4v) is 2.01. The Hall–Kier alpha value is -1.29. The van der Waals surface area contributed by atoms with E-state index in [1.165, 1.54) is 0 Å². The van der Waals surface area contributed by atoms with Crippen molar-refractivity contribution in [2.75, 3.05) is 14.2 Å². The summed E-state index contributed by atoms with van der Waals surface area (Å²) in [7, 11) is 3.27. The number of nitrogens with zero attached hydrogens (tertiary/aromatic N) is 1. The van der Waals surface area contributed by atoms with Gasteiger partial charge in [0.05, 0.1) is 19.9 Å². The molecule has 1 aromatic heterocycles. The fourth-order valence-electron chi connectivity index (χ4n) is 2.01. The van der Waals surface area contributed by atoms with Gasteiger partial charge in [0, 0.05) is 24.3 Å². The van der Waals surface area contributed by atoms with Gasteiger partial charge in [-0.15, -0.1) is 0 Å². The SMILES string of the molecule is CCCC(C)(C)NCc1nccc(OC)c1OC. The molecule has 0 saturated heterocycles. The van der Waals surface area contributed by atoms with Gasteiger partial charge in [-0.1, -0.05) is 13.3 Å². The summed E-state index contributed by atoms with van der Waals surface area (Å²) in [6.07, 6.45) is 4.02. The molecule has 0 aliphatic heterocycles. The second-order valence-corrected chi connectivity index (χ2v) is 4.98. The monoisotopic (exact) mass is 252 g/mol. The van der Waals surface area contributed by atoms with Crippen LogP contribution in [0.3, 0.4) is 0 Å². The Bertz CT molecular complexity index is 378. The number of ether oxygens (including phenoxy) is 2. The molecular formula is C14H24N2O2. The number of aromatic nitrogens is 1. The zero-order valence-corrected chi connectivity index (χ0v) is 12.0. The maximum Gasteiger partial charge on any atom is 0.183 e. The molecule has 4 heteroatoms. The molecule has 102 valence electrons. The Balaban J connectivity index is 2.78. The van der Waals surface area contributed by atoms with Gasteiger partial charge in [-0.05, 0) is 20.3 Å². The average molecular weight is 252 g/mol. The number of hydrogen-bond acceptors (Lipinski definition) is 4.